The quantitative estimate of drug-likeness (QED) is 0.462. The van der Waals surface area contributed by atoms with Crippen LogP contribution in [0.1, 0.15) is 35.1 Å². The summed E-state index contributed by atoms with van der Waals surface area (Å²) >= 11 is 1.05. The number of carbonyl (C=O) groups is 1. The first kappa shape index (κ1) is 17.8. The lowest BCUT2D eigenvalue weighted by Gasteiger charge is -2.16. The van der Waals surface area contributed by atoms with Gasteiger partial charge in [-0.1, -0.05) is 6.07 Å². The van der Waals surface area contributed by atoms with E-state index in [1.165, 1.54) is 28.5 Å². The molecule has 5 N–H and O–H groups in total. The predicted molar refractivity (Wildman–Crippen MR) is 103 cm³/mol. The lowest BCUT2D eigenvalue weighted by Crippen LogP contribution is -2.25. The van der Waals surface area contributed by atoms with Gasteiger partial charge >= 0.3 is 6.03 Å². The number of rotatable bonds is 6. The Hall–Kier alpha value is -1.99. The SMILES string of the molecule is NC(=CC=NCCO)SNC(=O)Nc1c2c(cc3c1CCC3)CCC2. The van der Waals surface area contributed by atoms with Crippen LogP contribution in [0.3, 0.4) is 0 Å². The van der Waals surface area contributed by atoms with Crippen LogP contribution in [-0.4, -0.2) is 30.5 Å². The number of hydrogen-bond acceptors (Lipinski definition) is 5. The minimum atomic E-state index is -0.261. The molecule has 0 bridgehead atoms. The molecular formula is C18H24N4O2S. The standard InChI is InChI=1S/C18H24N4O2S/c19-16(7-8-20-9-10-23)25-22-18(24)21-17-14-5-1-3-12(14)11-13-4-2-6-15(13)17/h7-8,11,23H,1-6,9-10,19H2,(H2,21,22,24). The van der Waals surface area contributed by atoms with Crippen molar-refractivity contribution >= 4 is 29.9 Å². The van der Waals surface area contributed by atoms with Crippen LogP contribution in [-0.2, 0) is 25.7 Å². The fourth-order valence-electron chi connectivity index (χ4n) is 3.50. The number of aliphatic imine (C=N–C) groups is 1. The number of aryl methyl sites for hydroxylation is 2. The Bertz CT molecular complexity index is 683. The number of hydrogen-bond donors (Lipinski definition) is 4. The van der Waals surface area contributed by atoms with Gasteiger partial charge in [0, 0.05) is 23.8 Å². The van der Waals surface area contributed by atoms with E-state index in [2.05, 4.69) is 21.1 Å². The van der Waals surface area contributed by atoms with Crippen LogP contribution >= 0.6 is 11.9 Å². The van der Waals surface area contributed by atoms with E-state index < -0.39 is 0 Å². The van der Waals surface area contributed by atoms with Gasteiger partial charge in [0.1, 0.15) is 0 Å². The smallest absolute Gasteiger partial charge is 0.329 e. The predicted octanol–water partition coefficient (Wildman–Crippen LogP) is 2.30. The molecule has 3 rings (SSSR count). The molecule has 6 nitrogen and oxygen atoms in total. The van der Waals surface area contributed by atoms with Gasteiger partial charge in [0.2, 0.25) is 0 Å². The van der Waals surface area contributed by atoms with Crippen LogP contribution in [0.5, 0.6) is 0 Å². The molecule has 0 saturated heterocycles. The molecular weight excluding hydrogens is 336 g/mol. The van der Waals surface area contributed by atoms with Crippen LogP contribution in [0.25, 0.3) is 0 Å². The van der Waals surface area contributed by atoms with Crippen molar-refractivity contribution in [3.63, 3.8) is 0 Å². The van der Waals surface area contributed by atoms with Crippen molar-refractivity contribution in [2.24, 2.45) is 10.7 Å². The number of nitrogens with two attached hydrogens (primary N) is 1. The van der Waals surface area contributed by atoms with E-state index in [-0.39, 0.29) is 12.6 Å². The van der Waals surface area contributed by atoms with Crippen LogP contribution in [0, 0.1) is 0 Å². The Morgan fingerprint density at radius 1 is 1.24 bits per heavy atom. The molecule has 0 spiro atoms. The maximum Gasteiger partial charge on any atom is 0.329 e. The molecule has 0 fully saturated rings. The van der Waals surface area contributed by atoms with Crippen molar-refractivity contribution in [1.29, 1.82) is 0 Å². The highest BCUT2D eigenvalue weighted by atomic mass is 32.2. The number of allylic oxidation sites excluding steroid dienone is 1. The second-order valence-electron chi connectivity index (χ2n) is 6.24. The normalized spacial score (nSPS) is 16.1. The molecule has 2 aliphatic rings. The van der Waals surface area contributed by atoms with Crippen molar-refractivity contribution in [3.05, 3.63) is 39.4 Å². The highest BCUT2D eigenvalue weighted by Crippen LogP contribution is 2.38. The first-order valence-corrected chi connectivity index (χ1v) is 9.47. The number of anilines is 1. The number of nitrogens with zero attached hydrogens (tertiary/aromatic N) is 1. The third-order valence-corrected chi connectivity index (χ3v) is 5.21. The van der Waals surface area contributed by atoms with Crippen molar-refractivity contribution in [2.75, 3.05) is 18.5 Å². The van der Waals surface area contributed by atoms with E-state index in [9.17, 15) is 4.79 Å². The van der Waals surface area contributed by atoms with E-state index in [1.54, 1.807) is 6.08 Å². The van der Waals surface area contributed by atoms with E-state index in [0.29, 0.717) is 11.6 Å². The van der Waals surface area contributed by atoms with Gasteiger partial charge < -0.3 is 16.2 Å². The Kier molecular flexibility index (Phi) is 5.99. The lowest BCUT2D eigenvalue weighted by atomic mass is 9.99. The summed E-state index contributed by atoms with van der Waals surface area (Å²) in [4.78, 5) is 16.2. The van der Waals surface area contributed by atoms with Crippen molar-refractivity contribution in [3.8, 4) is 0 Å². The fourth-order valence-corrected chi connectivity index (χ4v) is 3.89. The number of fused-ring (bicyclic) bond motifs is 2. The molecule has 0 aromatic heterocycles. The van der Waals surface area contributed by atoms with Gasteiger partial charge in [-0.15, -0.1) is 0 Å². The average Bonchev–Trinajstić information content (AvgIpc) is 3.25. The maximum absolute atomic E-state index is 12.3. The van der Waals surface area contributed by atoms with Crippen LogP contribution in [0.15, 0.2) is 22.2 Å². The molecule has 1 aromatic rings. The molecule has 7 heteroatoms. The summed E-state index contributed by atoms with van der Waals surface area (Å²) in [6.45, 7) is 0.344. The number of carbonyl (C=O) groups excluding carboxylic acids is 1. The first-order valence-electron chi connectivity index (χ1n) is 8.66. The highest BCUT2D eigenvalue weighted by molar-refractivity contribution is 8.01. The van der Waals surface area contributed by atoms with Gasteiger partial charge in [0.05, 0.1) is 18.2 Å². The maximum atomic E-state index is 12.3. The molecule has 25 heavy (non-hydrogen) atoms. The molecule has 0 aliphatic heterocycles. The highest BCUT2D eigenvalue weighted by Gasteiger charge is 2.24. The van der Waals surface area contributed by atoms with Gasteiger partial charge in [0.25, 0.3) is 0 Å². The molecule has 0 radical (unpaired) electrons. The largest absolute Gasteiger partial charge is 0.394 e. The Morgan fingerprint density at radius 3 is 2.56 bits per heavy atom. The third kappa shape index (κ3) is 4.35. The average molecular weight is 360 g/mol. The number of aliphatic hydroxyl groups is 1. The van der Waals surface area contributed by atoms with Gasteiger partial charge in [-0.25, -0.2) is 4.79 Å². The van der Waals surface area contributed by atoms with Crippen LogP contribution < -0.4 is 15.8 Å². The van der Waals surface area contributed by atoms with Gasteiger partial charge in [-0.3, -0.25) is 9.71 Å². The second kappa shape index (κ2) is 8.40. The number of nitrogens with one attached hydrogen (secondary N) is 2. The minimum Gasteiger partial charge on any atom is -0.394 e. The summed E-state index contributed by atoms with van der Waals surface area (Å²) < 4.78 is 2.72. The van der Waals surface area contributed by atoms with E-state index in [0.717, 1.165) is 56.2 Å². The zero-order valence-electron chi connectivity index (χ0n) is 14.2. The Balaban J connectivity index is 1.62. The molecule has 134 valence electrons. The number of urea groups is 1. The lowest BCUT2D eigenvalue weighted by molar-refractivity contribution is 0.257. The van der Waals surface area contributed by atoms with Crippen molar-refractivity contribution < 1.29 is 9.90 Å². The van der Waals surface area contributed by atoms with E-state index >= 15 is 0 Å². The van der Waals surface area contributed by atoms with Crippen molar-refractivity contribution in [2.45, 2.75) is 38.5 Å². The zero-order valence-corrected chi connectivity index (χ0v) is 15.0. The molecule has 0 atom stereocenters. The first-order chi connectivity index (χ1) is 12.2. The minimum absolute atomic E-state index is 0.00373. The van der Waals surface area contributed by atoms with Gasteiger partial charge in [0.15, 0.2) is 0 Å². The van der Waals surface area contributed by atoms with E-state index in [4.69, 9.17) is 10.8 Å². The summed E-state index contributed by atoms with van der Waals surface area (Å²) in [5.74, 6) is 0. The molecule has 2 amide bonds. The summed E-state index contributed by atoms with van der Waals surface area (Å²) in [6.07, 6.45) is 9.72. The zero-order chi connectivity index (χ0) is 17.6. The van der Waals surface area contributed by atoms with Crippen molar-refractivity contribution in [1.82, 2.24) is 4.72 Å². The van der Waals surface area contributed by atoms with E-state index in [1.807, 2.05) is 0 Å². The number of aliphatic hydroxyl groups excluding tert-OH is 1. The molecule has 0 unspecified atom stereocenters. The molecule has 1 aromatic carbocycles. The third-order valence-electron chi connectivity index (χ3n) is 4.55. The summed E-state index contributed by atoms with van der Waals surface area (Å²) in [7, 11) is 0. The fraction of sp³-hybridized carbons (Fsp3) is 0.444. The Labute approximate surface area is 152 Å². The molecule has 2 aliphatic carbocycles. The van der Waals surface area contributed by atoms with Gasteiger partial charge in [-0.05, 0) is 66.9 Å². The van der Waals surface area contributed by atoms with Crippen LogP contribution in [0.2, 0.25) is 0 Å². The molecule has 0 heterocycles. The topological polar surface area (TPSA) is 99.7 Å². The molecule has 0 saturated carbocycles. The Morgan fingerprint density at radius 2 is 1.92 bits per heavy atom. The summed E-state index contributed by atoms with van der Waals surface area (Å²) in [5, 5.41) is 12.1. The monoisotopic (exact) mass is 360 g/mol. The number of amides is 2. The second-order valence-corrected chi connectivity index (χ2v) is 7.12. The van der Waals surface area contributed by atoms with Crippen LogP contribution in [0.4, 0.5) is 10.5 Å². The van der Waals surface area contributed by atoms with Gasteiger partial charge in [-0.2, -0.15) is 0 Å². The summed E-state index contributed by atoms with van der Waals surface area (Å²) in [6, 6.07) is 2.08. The number of benzene rings is 1. The summed E-state index contributed by atoms with van der Waals surface area (Å²) in [5.41, 5.74) is 12.2.